The fourth-order valence-electron chi connectivity index (χ4n) is 3.47. The van der Waals surface area contributed by atoms with Crippen LogP contribution in [-0.4, -0.2) is 63.5 Å². The van der Waals surface area contributed by atoms with Gasteiger partial charge >= 0.3 is 5.97 Å². The zero-order valence-electron chi connectivity index (χ0n) is 20.6. The number of carbonyl (C=O) groups is 1. The Morgan fingerprint density at radius 1 is 0.767 bits per heavy atom. The third kappa shape index (κ3) is 22.0. The molecule has 0 aliphatic heterocycles. The van der Waals surface area contributed by atoms with Gasteiger partial charge in [0, 0.05) is 33.2 Å². The Balaban J connectivity index is 4.03. The summed E-state index contributed by atoms with van der Waals surface area (Å²) in [5.74, 6) is -0.208. The van der Waals surface area contributed by atoms with Crippen LogP contribution in [0.15, 0.2) is 0 Å². The van der Waals surface area contributed by atoms with Crippen LogP contribution in [0.5, 0.6) is 0 Å². The number of hydrogen-bond acceptors (Lipinski definition) is 5. The fourth-order valence-corrected chi connectivity index (χ4v) is 3.47. The van der Waals surface area contributed by atoms with Gasteiger partial charge in [0.2, 0.25) is 0 Å². The number of esters is 1. The number of likely N-dealkylation sites (N-methyl/N-ethyl adjacent to an activating group) is 1. The highest BCUT2D eigenvalue weighted by atomic mass is 16.5. The van der Waals surface area contributed by atoms with E-state index in [-0.39, 0.29) is 12.1 Å². The maximum absolute atomic E-state index is 10.9. The average Bonchev–Trinajstić information content (AvgIpc) is 2.72. The van der Waals surface area contributed by atoms with E-state index in [2.05, 4.69) is 25.8 Å². The zero-order valence-corrected chi connectivity index (χ0v) is 20.6. The number of unbranched alkanes of at least 4 members (excludes halogenated alkanes) is 10. The van der Waals surface area contributed by atoms with Crippen molar-refractivity contribution in [1.29, 1.82) is 0 Å². The van der Waals surface area contributed by atoms with E-state index in [1.807, 2.05) is 0 Å². The molecular formula is C25H51NO4. The molecule has 5 heteroatoms. The molecule has 0 radical (unpaired) electrons. The van der Waals surface area contributed by atoms with Gasteiger partial charge in [0.15, 0.2) is 0 Å². The van der Waals surface area contributed by atoms with E-state index in [1.54, 1.807) is 0 Å². The molecule has 180 valence electrons. The maximum Gasteiger partial charge on any atom is 0.302 e. The standard InChI is InChI=1S/C25H51NO4/c1-5-7-9-11-13-15-19-28-23-25(30-20-16-14-12-10-8-6-2)22-26(4)18-17-21-29-24(3)27/h25H,5-23H2,1-4H3. The first-order chi connectivity index (χ1) is 14.6. The Morgan fingerprint density at radius 3 is 1.93 bits per heavy atom. The van der Waals surface area contributed by atoms with Gasteiger partial charge in [-0.1, -0.05) is 78.1 Å². The highest BCUT2D eigenvalue weighted by Gasteiger charge is 2.13. The van der Waals surface area contributed by atoms with Gasteiger partial charge in [-0.05, 0) is 26.3 Å². The van der Waals surface area contributed by atoms with Crippen LogP contribution >= 0.6 is 0 Å². The Hall–Kier alpha value is -0.650. The van der Waals surface area contributed by atoms with Crippen LogP contribution < -0.4 is 0 Å². The third-order valence-corrected chi connectivity index (χ3v) is 5.30. The first-order valence-electron chi connectivity index (χ1n) is 12.6. The number of carbonyl (C=O) groups excluding carboxylic acids is 1. The molecule has 0 aliphatic carbocycles. The van der Waals surface area contributed by atoms with E-state index in [1.165, 1.54) is 71.1 Å². The molecule has 0 amide bonds. The molecule has 0 aromatic carbocycles. The Morgan fingerprint density at radius 2 is 1.33 bits per heavy atom. The number of nitrogens with zero attached hydrogens (tertiary/aromatic N) is 1. The van der Waals surface area contributed by atoms with Gasteiger partial charge < -0.3 is 19.1 Å². The molecule has 0 aromatic heterocycles. The highest BCUT2D eigenvalue weighted by molar-refractivity contribution is 5.65. The number of ether oxygens (including phenoxy) is 3. The monoisotopic (exact) mass is 429 g/mol. The lowest BCUT2D eigenvalue weighted by Crippen LogP contribution is -2.35. The lowest BCUT2D eigenvalue weighted by Gasteiger charge is -2.24. The second-order valence-electron chi connectivity index (χ2n) is 8.56. The summed E-state index contributed by atoms with van der Waals surface area (Å²) in [6, 6.07) is 0. The van der Waals surface area contributed by atoms with E-state index in [4.69, 9.17) is 14.2 Å². The molecule has 0 rings (SSSR count). The first-order valence-corrected chi connectivity index (χ1v) is 12.6. The zero-order chi connectivity index (χ0) is 22.3. The SMILES string of the molecule is CCCCCCCCOCC(CN(C)CCCOC(C)=O)OCCCCCCCC. The van der Waals surface area contributed by atoms with Crippen molar-refractivity contribution in [2.24, 2.45) is 0 Å². The van der Waals surface area contributed by atoms with E-state index < -0.39 is 0 Å². The Bertz CT molecular complexity index is 365. The normalized spacial score (nSPS) is 12.4. The van der Waals surface area contributed by atoms with Gasteiger partial charge in [0.1, 0.15) is 0 Å². The molecule has 1 unspecified atom stereocenters. The van der Waals surface area contributed by atoms with E-state index in [9.17, 15) is 4.79 Å². The van der Waals surface area contributed by atoms with Crippen molar-refractivity contribution >= 4 is 5.97 Å². The van der Waals surface area contributed by atoms with Crippen LogP contribution in [0.3, 0.4) is 0 Å². The van der Waals surface area contributed by atoms with Gasteiger partial charge in [-0.2, -0.15) is 0 Å². The summed E-state index contributed by atoms with van der Waals surface area (Å²) in [6.45, 7) is 10.5. The van der Waals surface area contributed by atoms with Gasteiger partial charge in [-0.25, -0.2) is 0 Å². The maximum atomic E-state index is 10.9. The minimum atomic E-state index is -0.208. The Kier molecular flexibility index (Phi) is 22.5. The summed E-state index contributed by atoms with van der Waals surface area (Å²) in [6.07, 6.45) is 16.3. The van der Waals surface area contributed by atoms with Crippen molar-refractivity contribution in [2.75, 3.05) is 46.6 Å². The van der Waals surface area contributed by atoms with Crippen molar-refractivity contribution in [3.05, 3.63) is 0 Å². The van der Waals surface area contributed by atoms with Crippen LogP contribution in [0.4, 0.5) is 0 Å². The topological polar surface area (TPSA) is 48.0 Å². The quantitative estimate of drug-likeness (QED) is 0.147. The lowest BCUT2D eigenvalue weighted by molar-refractivity contribution is -0.141. The summed E-state index contributed by atoms with van der Waals surface area (Å²) in [4.78, 5) is 13.1. The molecule has 5 nitrogen and oxygen atoms in total. The molecule has 0 bridgehead atoms. The van der Waals surface area contributed by atoms with Crippen LogP contribution in [0.2, 0.25) is 0 Å². The largest absolute Gasteiger partial charge is 0.466 e. The molecule has 0 saturated heterocycles. The summed E-state index contributed by atoms with van der Waals surface area (Å²) >= 11 is 0. The first kappa shape index (κ1) is 29.4. The molecule has 0 saturated carbocycles. The molecule has 0 heterocycles. The molecule has 0 fully saturated rings. The van der Waals surface area contributed by atoms with E-state index in [0.29, 0.717) is 13.2 Å². The third-order valence-electron chi connectivity index (χ3n) is 5.30. The van der Waals surface area contributed by atoms with Crippen LogP contribution in [0, 0.1) is 0 Å². The number of rotatable bonds is 23. The number of hydrogen-bond donors (Lipinski definition) is 0. The van der Waals surface area contributed by atoms with Crippen molar-refractivity contribution in [3.63, 3.8) is 0 Å². The van der Waals surface area contributed by atoms with E-state index >= 15 is 0 Å². The highest BCUT2D eigenvalue weighted by Crippen LogP contribution is 2.08. The molecule has 0 aliphatic rings. The summed E-state index contributed by atoms with van der Waals surface area (Å²) in [5, 5.41) is 0. The summed E-state index contributed by atoms with van der Waals surface area (Å²) < 4.78 is 17.1. The van der Waals surface area contributed by atoms with Crippen LogP contribution in [-0.2, 0) is 19.0 Å². The molecule has 0 aromatic rings. The van der Waals surface area contributed by atoms with Gasteiger partial charge in [-0.15, -0.1) is 0 Å². The fraction of sp³-hybridized carbons (Fsp3) is 0.960. The van der Waals surface area contributed by atoms with Crippen LogP contribution in [0.1, 0.15) is 104 Å². The van der Waals surface area contributed by atoms with Crippen molar-refractivity contribution in [1.82, 2.24) is 4.90 Å². The van der Waals surface area contributed by atoms with Crippen molar-refractivity contribution < 1.29 is 19.0 Å². The predicted molar refractivity (Wildman–Crippen MR) is 126 cm³/mol. The molecular weight excluding hydrogens is 378 g/mol. The minimum absolute atomic E-state index is 0.111. The molecule has 0 N–H and O–H groups in total. The van der Waals surface area contributed by atoms with Crippen LogP contribution in [0.25, 0.3) is 0 Å². The lowest BCUT2D eigenvalue weighted by atomic mass is 10.1. The second kappa shape index (κ2) is 23.0. The van der Waals surface area contributed by atoms with Gasteiger partial charge in [0.05, 0.1) is 19.3 Å². The van der Waals surface area contributed by atoms with Gasteiger partial charge in [-0.3, -0.25) is 4.79 Å². The molecule has 0 spiro atoms. The predicted octanol–water partition coefficient (Wildman–Crippen LogP) is 5.99. The Labute approximate surface area is 187 Å². The summed E-state index contributed by atoms with van der Waals surface area (Å²) in [7, 11) is 2.10. The average molecular weight is 430 g/mol. The molecule has 30 heavy (non-hydrogen) atoms. The van der Waals surface area contributed by atoms with Crippen molar-refractivity contribution in [3.8, 4) is 0 Å². The minimum Gasteiger partial charge on any atom is -0.466 e. The summed E-state index contributed by atoms with van der Waals surface area (Å²) in [5.41, 5.74) is 0. The molecule has 1 atom stereocenters. The van der Waals surface area contributed by atoms with Crippen molar-refractivity contribution in [2.45, 2.75) is 110 Å². The van der Waals surface area contributed by atoms with E-state index in [0.717, 1.165) is 45.6 Å². The van der Waals surface area contributed by atoms with Gasteiger partial charge in [0.25, 0.3) is 0 Å². The second-order valence-corrected chi connectivity index (χ2v) is 8.56. The smallest absolute Gasteiger partial charge is 0.302 e.